The first-order chi connectivity index (χ1) is 27.3. The smallest absolute Gasteiger partial charge is 0.271 e. The van der Waals surface area contributed by atoms with Crippen molar-refractivity contribution in [3.63, 3.8) is 0 Å². The molecule has 57 heavy (non-hydrogen) atoms. The van der Waals surface area contributed by atoms with Crippen molar-refractivity contribution in [3.8, 4) is 0 Å². The molecule has 0 saturated heterocycles. The van der Waals surface area contributed by atoms with Crippen molar-refractivity contribution in [2.45, 2.75) is 139 Å². The molecule has 7 nitrogen and oxygen atoms in total. The Morgan fingerprint density at radius 3 is 1.91 bits per heavy atom. The quantitative estimate of drug-likeness (QED) is 0.0764. The normalized spacial score (nSPS) is 18.2. The van der Waals surface area contributed by atoms with Crippen LogP contribution in [0.5, 0.6) is 0 Å². The average molecular weight is 853 g/mol. The summed E-state index contributed by atoms with van der Waals surface area (Å²) < 4.78 is 53.3. The average Bonchev–Trinajstić information content (AvgIpc) is 3.16. The molecule has 3 N–H and O–H groups in total. The van der Waals surface area contributed by atoms with Gasteiger partial charge in [0.25, 0.3) is 11.6 Å². The standard InChI is InChI=1S/C31H37ClN2O4S2.C15H22ClN/c1-4-5-12-29(31(21-9-22-31)26-15-17-27(32)18-16-26)33-39(35)38-30(25-10-7-6-8-11-25)24(3)34-40(36,37)28-19-13-23(2)14-20-28;1-2-3-5-14(17)15(10-4-11-15)12-6-8-13(16)9-7-12/h6-8,10-11,13-20,24,30,34H,4-5,9,12,21-22H2,1-3H3;6-9,14H,2-5,10-11,17H2,1H3/t24-,30-,39?;14-/m11/s1. The summed E-state index contributed by atoms with van der Waals surface area (Å²) in [6.07, 6.45) is 12.1. The van der Waals surface area contributed by atoms with Gasteiger partial charge in [0.05, 0.1) is 16.6 Å². The summed E-state index contributed by atoms with van der Waals surface area (Å²) in [5.41, 5.74) is 11.4. The summed E-state index contributed by atoms with van der Waals surface area (Å²) in [6.45, 7) is 7.96. The van der Waals surface area contributed by atoms with E-state index in [1.54, 1.807) is 31.2 Å². The third-order valence-corrected chi connectivity index (χ3v) is 14.6. The first kappa shape index (κ1) is 45.4. The SMILES string of the molecule is CCCCC(=N[S+]([O-])O[C@@H](c1ccccc1)[C@@H](C)NS(=O)(=O)c1ccc(C)cc1)C1(c2ccc(Cl)cc2)CCC1.CCCC[C@@H](N)C1(c2ccc(Cl)cc2)CCC1. The molecule has 2 aliphatic carbocycles. The molecule has 6 rings (SSSR count). The molecule has 4 atom stereocenters. The minimum Gasteiger partial charge on any atom is -0.559 e. The molecule has 4 aromatic carbocycles. The first-order valence-electron chi connectivity index (χ1n) is 20.4. The van der Waals surface area contributed by atoms with Gasteiger partial charge in [0.1, 0.15) is 0 Å². The van der Waals surface area contributed by atoms with Gasteiger partial charge in [-0.1, -0.05) is 141 Å². The van der Waals surface area contributed by atoms with Crippen LogP contribution in [0.1, 0.15) is 126 Å². The molecular formula is C46H59Cl2N3O4S2. The predicted octanol–water partition coefficient (Wildman–Crippen LogP) is 11.7. The third-order valence-electron chi connectivity index (χ3n) is 11.8. The molecule has 0 amide bonds. The fourth-order valence-corrected chi connectivity index (χ4v) is 10.5. The summed E-state index contributed by atoms with van der Waals surface area (Å²) in [5, 5.41) is 1.48. The van der Waals surface area contributed by atoms with Crippen LogP contribution in [0.3, 0.4) is 0 Å². The second-order valence-corrected chi connectivity index (χ2v) is 19.1. The Kier molecular flexibility index (Phi) is 16.7. The van der Waals surface area contributed by atoms with E-state index in [1.165, 1.54) is 37.7 Å². The Bertz CT molecular complexity index is 1970. The van der Waals surface area contributed by atoms with Gasteiger partial charge in [0.2, 0.25) is 10.0 Å². The number of nitrogens with one attached hydrogen (secondary N) is 1. The lowest BCUT2D eigenvalue weighted by Gasteiger charge is -2.47. The summed E-state index contributed by atoms with van der Waals surface area (Å²) in [7, 11) is -3.83. The maximum Gasteiger partial charge on any atom is 0.271 e. The number of halogens is 2. The van der Waals surface area contributed by atoms with Crippen LogP contribution >= 0.6 is 23.2 Å². The van der Waals surface area contributed by atoms with Crippen molar-refractivity contribution < 1.29 is 17.2 Å². The fraction of sp³-hybridized carbons (Fsp3) is 0.457. The molecule has 308 valence electrons. The van der Waals surface area contributed by atoms with Crippen molar-refractivity contribution in [1.82, 2.24) is 4.72 Å². The van der Waals surface area contributed by atoms with Crippen LogP contribution in [-0.4, -0.2) is 30.8 Å². The van der Waals surface area contributed by atoms with Crippen LogP contribution in [-0.2, 0) is 36.7 Å². The van der Waals surface area contributed by atoms with E-state index in [1.807, 2.05) is 73.7 Å². The second-order valence-electron chi connectivity index (χ2n) is 15.7. The van der Waals surface area contributed by atoms with Gasteiger partial charge >= 0.3 is 0 Å². The largest absolute Gasteiger partial charge is 0.559 e. The van der Waals surface area contributed by atoms with Crippen molar-refractivity contribution in [1.29, 1.82) is 0 Å². The van der Waals surface area contributed by atoms with Gasteiger partial charge in [0.15, 0.2) is 6.10 Å². The Balaban J connectivity index is 0.000000303. The molecule has 0 heterocycles. The number of rotatable bonds is 18. The van der Waals surface area contributed by atoms with Crippen molar-refractivity contribution >= 4 is 50.6 Å². The van der Waals surface area contributed by atoms with Crippen LogP contribution in [0, 0.1) is 6.92 Å². The number of hydrogen-bond donors (Lipinski definition) is 2. The van der Waals surface area contributed by atoms with Gasteiger partial charge in [0, 0.05) is 26.9 Å². The lowest BCUT2D eigenvalue weighted by Crippen LogP contribution is -2.50. The second kappa shape index (κ2) is 21.0. The van der Waals surface area contributed by atoms with Gasteiger partial charge in [-0.3, -0.25) is 0 Å². The van der Waals surface area contributed by atoms with Crippen LogP contribution in [0.2, 0.25) is 10.0 Å². The zero-order chi connectivity index (χ0) is 41.1. The van der Waals surface area contributed by atoms with Gasteiger partial charge in [-0.15, -0.1) is 4.18 Å². The minimum atomic E-state index is -3.83. The van der Waals surface area contributed by atoms with Crippen molar-refractivity contribution in [3.05, 3.63) is 135 Å². The van der Waals surface area contributed by atoms with E-state index in [-0.39, 0.29) is 15.7 Å². The van der Waals surface area contributed by atoms with E-state index < -0.39 is 33.8 Å². The number of hydrogen-bond acceptors (Lipinski definition) is 6. The Hall–Kier alpha value is -2.73. The van der Waals surface area contributed by atoms with Crippen LogP contribution in [0.25, 0.3) is 0 Å². The van der Waals surface area contributed by atoms with E-state index in [0.29, 0.717) is 23.0 Å². The molecule has 2 saturated carbocycles. The number of aryl methyl sites for hydroxylation is 1. The molecule has 2 fully saturated rings. The number of nitrogens with two attached hydrogens (primary N) is 1. The van der Waals surface area contributed by atoms with E-state index in [9.17, 15) is 13.0 Å². The topological polar surface area (TPSA) is 117 Å². The molecule has 0 aromatic heterocycles. The number of nitrogens with zero attached hydrogens (tertiary/aromatic N) is 1. The van der Waals surface area contributed by atoms with Gasteiger partial charge in [-0.2, -0.15) is 0 Å². The molecular weight excluding hydrogens is 794 g/mol. The molecule has 0 radical (unpaired) electrons. The number of sulfonamides is 1. The number of unbranched alkanes of at least 4 members (excludes halogenated alkanes) is 2. The molecule has 0 bridgehead atoms. The van der Waals surface area contributed by atoms with Gasteiger partial charge in [-0.05, 0) is 116 Å². The molecule has 11 heteroatoms. The zero-order valence-corrected chi connectivity index (χ0v) is 36.9. The van der Waals surface area contributed by atoms with Gasteiger partial charge < -0.3 is 10.3 Å². The Morgan fingerprint density at radius 1 is 0.842 bits per heavy atom. The van der Waals surface area contributed by atoms with E-state index >= 15 is 0 Å². The monoisotopic (exact) mass is 851 g/mol. The first-order valence-corrected chi connectivity index (χ1v) is 23.7. The summed E-state index contributed by atoms with van der Waals surface area (Å²) in [5.74, 6) is 0. The summed E-state index contributed by atoms with van der Waals surface area (Å²) >= 11 is 10.1. The highest BCUT2D eigenvalue weighted by Crippen LogP contribution is 2.48. The van der Waals surface area contributed by atoms with E-state index in [2.05, 4.69) is 35.1 Å². The van der Waals surface area contributed by atoms with Crippen molar-refractivity contribution in [2.24, 2.45) is 10.1 Å². The third kappa shape index (κ3) is 11.5. The highest BCUT2D eigenvalue weighted by atomic mass is 35.5. The number of benzene rings is 4. The zero-order valence-electron chi connectivity index (χ0n) is 33.8. The van der Waals surface area contributed by atoms with E-state index in [4.69, 9.17) is 33.1 Å². The summed E-state index contributed by atoms with van der Waals surface area (Å²) in [6, 6.07) is 31.6. The lowest BCUT2D eigenvalue weighted by atomic mass is 9.59. The highest BCUT2D eigenvalue weighted by molar-refractivity contribution is 7.89. The molecule has 0 aliphatic heterocycles. The summed E-state index contributed by atoms with van der Waals surface area (Å²) in [4.78, 5) is 0.160. The van der Waals surface area contributed by atoms with Crippen LogP contribution < -0.4 is 10.5 Å². The maximum absolute atomic E-state index is 13.6. The minimum absolute atomic E-state index is 0.160. The molecule has 2 aliphatic rings. The molecule has 1 unspecified atom stereocenters. The van der Waals surface area contributed by atoms with Crippen molar-refractivity contribution in [2.75, 3.05) is 0 Å². The maximum atomic E-state index is 13.6. The van der Waals surface area contributed by atoms with Crippen LogP contribution in [0.15, 0.2) is 112 Å². The highest BCUT2D eigenvalue weighted by Gasteiger charge is 2.45. The van der Waals surface area contributed by atoms with Crippen LogP contribution in [0.4, 0.5) is 0 Å². The van der Waals surface area contributed by atoms with Gasteiger partial charge in [-0.25, -0.2) is 13.1 Å². The Morgan fingerprint density at radius 2 is 1.40 bits per heavy atom. The Labute approximate surface area is 354 Å². The lowest BCUT2D eigenvalue weighted by molar-refractivity contribution is 0.180. The predicted molar refractivity (Wildman–Crippen MR) is 238 cm³/mol. The van der Waals surface area contributed by atoms with E-state index in [0.717, 1.165) is 60.4 Å². The molecule has 4 aromatic rings. The molecule has 0 spiro atoms. The fourth-order valence-electron chi connectivity index (χ4n) is 8.04.